The van der Waals surface area contributed by atoms with Gasteiger partial charge in [-0.3, -0.25) is 4.79 Å². The highest BCUT2D eigenvalue weighted by molar-refractivity contribution is 5.93. The second-order valence-corrected chi connectivity index (χ2v) is 6.61. The van der Waals surface area contributed by atoms with Crippen LogP contribution in [0.25, 0.3) is 0 Å². The topological polar surface area (TPSA) is 105 Å². The van der Waals surface area contributed by atoms with Gasteiger partial charge in [-0.15, -0.1) is 0 Å². The number of benzene rings is 2. The number of hydrogen-bond acceptors (Lipinski definition) is 8. The number of carbonyl (C=O) groups excluding carboxylic acids is 2. The molecule has 2 rings (SSSR count). The van der Waals surface area contributed by atoms with Gasteiger partial charge in [-0.1, -0.05) is 13.3 Å². The standard InChI is InChI=1S/C23H28N2O7/c1-6-7-8-21(26)25-24-14-15-9-10-17(18(11-15)28-2)32-23(27)16-12-19(29-3)22(31-5)20(13-16)30-4/h9-14H,6-8H2,1-5H3,(H,25,26). The van der Waals surface area contributed by atoms with Crippen molar-refractivity contribution in [1.82, 2.24) is 5.43 Å². The largest absolute Gasteiger partial charge is 0.493 e. The van der Waals surface area contributed by atoms with Crippen LogP contribution in [0.5, 0.6) is 28.7 Å². The summed E-state index contributed by atoms with van der Waals surface area (Å²) in [6.45, 7) is 2.01. The number of methoxy groups -OCH3 is 4. The molecule has 9 heteroatoms. The third-order valence-corrected chi connectivity index (χ3v) is 4.45. The molecule has 0 radical (unpaired) electrons. The first-order chi connectivity index (χ1) is 15.5. The summed E-state index contributed by atoms with van der Waals surface area (Å²) in [6.07, 6.45) is 3.65. The van der Waals surface area contributed by atoms with E-state index in [1.165, 1.54) is 46.8 Å². The molecule has 0 bridgehead atoms. The van der Waals surface area contributed by atoms with Gasteiger partial charge in [0.15, 0.2) is 23.0 Å². The molecule has 0 spiro atoms. The summed E-state index contributed by atoms with van der Waals surface area (Å²) in [7, 11) is 5.86. The first kappa shape index (κ1) is 24.5. The van der Waals surface area contributed by atoms with E-state index in [1.54, 1.807) is 18.2 Å². The highest BCUT2D eigenvalue weighted by Crippen LogP contribution is 2.38. The monoisotopic (exact) mass is 444 g/mol. The fourth-order valence-electron chi connectivity index (χ4n) is 2.78. The molecular weight excluding hydrogens is 416 g/mol. The van der Waals surface area contributed by atoms with Gasteiger partial charge in [-0.25, -0.2) is 10.2 Å². The molecule has 32 heavy (non-hydrogen) atoms. The van der Waals surface area contributed by atoms with E-state index >= 15 is 0 Å². The molecule has 172 valence electrons. The van der Waals surface area contributed by atoms with E-state index in [0.717, 1.165) is 12.8 Å². The van der Waals surface area contributed by atoms with E-state index in [9.17, 15) is 9.59 Å². The molecule has 0 aliphatic carbocycles. The molecule has 0 fully saturated rings. The van der Waals surface area contributed by atoms with E-state index in [-0.39, 0.29) is 17.2 Å². The molecule has 2 aromatic carbocycles. The van der Waals surface area contributed by atoms with Crippen LogP contribution in [0.4, 0.5) is 0 Å². The van der Waals surface area contributed by atoms with Crippen LogP contribution in [0.15, 0.2) is 35.4 Å². The van der Waals surface area contributed by atoms with Crippen molar-refractivity contribution < 1.29 is 33.3 Å². The Morgan fingerprint density at radius 3 is 2.12 bits per heavy atom. The number of rotatable bonds is 11. The van der Waals surface area contributed by atoms with Crippen molar-refractivity contribution in [3.8, 4) is 28.7 Å². The molecule has 0 atom stereocenters. The number of esters is 1. The van der Waals surface area contributed by atoms with Crippen LogP contribution in [0.3, 0.4) is 0 Å². The predicted molar refractivity (Wildman–Crippen MR) is 119 cm³/mol. The molecule has 1 amide bonds. The average Bonchev–Trinajstić information content (AvgIpc) is 2.82. The molecule has 0 aromatic heterocycles. The fraction of sp³-hybridized carbons (Fsp3) is 0.348. The van der Waals surface area contributed by atoms with Gasteiger partial charge in [0.25, 0.3) is 0 Å². The van der Waals surface area contributed by atoms with Crippen molar-refractivity contribution in [3.63, 3.8) is 0 Å². The first-order valence-electron chi connectivity index (χ1n) is 9.99. The van der Waals surface area contributed by atoms with Crippen molar-refractivity contribution in [2.45, 2.75) is 26.2 Å². The molecule has 0 saturated heterocycles. The number of unbranched alkanes of at least 4 members (excludes halogenated alkanes) is 1. The molecular formula is C23H28N2O7. The third kappa shape index (κ3) is 6.37. The van der Waals surface area contributed by atoms with E-state index in [4.69, 9.17) is 23.7 Å². The number of ether oxygens (including phenoxy) is 5. The van der Waals surface area contributed by atoms with Crippen molar-refractivity contribution in [3.05, 3.63) is 41.5 Å². The van der Waals surface area contributed by atoms with E-state index in [2.05, 4.69) is 10.5 Å². The van der Waals surface area contributed by atoms with Gasteiger partial charge in [0.1, 0.15) is 0 Å². The summed E-state index contributed by atoms with van der Waals surface area (Å²) < 4.78 is 26.7. The maximum absolute atomic E-state index is 12.7. The first-order valence-corrected chi connectivity index (χ1v) is 9.99. The Labute approximate surface area is 187 Å². The lowest BCUT2D eigenvalue weighted by atomic mass is 10.1. The zero-order valence-electron chi connectivity index (χ0n) is 18.9. The van der Waals surface area contributed by atoms with Crippen molar-refractivity contribution in [2.24, 2.45) is 5.10 Å². The average molecular weight is 444 g/mol. The lowest BCUT2D eigenvalue weighted by Crippen LogP contribution is -2.16. The minimum absolute atomic E-state index is 0.147. The van der Waals surface area contributed by atoms with Crippen LogP contribution in [-0.2, 0) is 4.79 Å². The van der Waals surface area contributed by atoms with Gasteiger partial charge in [0.05, 0.1) is 40.2 Å². The van der Waals surface area contributed by atoms with E-state index < -0.39 is 5.97 Å². The third-order valence-electron chi connectivity index (χ3n) is 4.45. The number of hydrogen-bond donors (Lipinski definition) is 1. The summed E-state index contributed by atoms with van der Waals surface area (Å²) >= 11 is 0. The summed E-state index contributed by atoms with van der Waals surface area (Å²) in [6, 6.07) is 7.90. The van der Waals surface area contributed by atoms with Gasteiger partial charge in [0, 0.05) is 6.42 Å². The second kappa shape index (κ2) is 12.2. The van der Waals surface area contributed by atoms with Crippen molar-refractivity contribution >= 4 is 18.1 Å². The number of amides is 1. The Kier molecular flexibility index (Phi) is 9.34. The molecule has 0 aliphatic rings. The van der Waals surface area contributed by atoms with Crippen molar-refractivity contribution in [2.75, 3.05) is 28.4 Å². The zero-order chi connectivity index (χ0) is 23.5. The normalized spacial score (nSPS) is 10.5. The van der Waals surface area contributed by atoms with Crippen LogP contribution in [0.1, 0.15) is 42.1 Å². The molecule has 0 saturated carbocycles. The molecule has 0 unspecified atom stereocenters. The van der Waals surface area contributed by atoms with Crippen molar-refractivity contribution in [1.29, 1.82) is 0 Å². The highest BCUT2D eigenvalue weighted by Gasteiger charge is 2.19. The zero-order valence-corrected chi connectivity index (χ0v) is 18.9. The van der Waals surface area contributed by atoms with Gasteiger partial charge in [-0.2, -0.15) is 5.10 Å². The Balaban J connectivity index is 2.17. The maximum Gasteiger partial charge on any atom is 0.343 e. The molecule has 0 aliphatic heterocycles. The second-order valence-electron chi connectivity index (χ2n) is 6.61. The van der Waals surface area contributed by atoms with Crippen LogP contribution < -0.4 is 29.1 Å². The highest BCUT2D eigenvalue weighted by atomic mass is 16.6. The quantitative estimate of drug-likeness (QED) is 0.244. The summed E-state index contributed by atoms with van der Waals surface area (Å²) in [5.74, 6) is 0.798. The van der Waals surface area contributed by atoms with Crippen LogP contribution >= 0.6 is 0 Å². The molecule has 2 aromatic rings. The van der Waals surface area contributed by atoms with Gasteiger partial charge >= 0.3 is 5.97 Å². The lowest BCUT2D eigenvalue weighted by Gasteiger charge is -2.14. The maximum atomic E-state index is 12.7. The summed E-state index contributed by atoms with van der Waals surface area (Å²) in [5, 5.41) is 3.94. The Morgan fingerprint density at radius 2 is 1.56 bits per heavy atom. The fourth-order valence-corrected chi connectivity index (χ4v) is 2.78. The van der Waals surface area contributed by atoms with Gasteiger partial charge in [-0.05, 0) is 42.3 Å². The Bertz CT molecular complexity index is 948. The molecule has 9 nitrogen and oxygen atoms in total. The molecule has 1 N–H and O–H groups in total. The number of nitrogens with one attached hydrogen (secondary N) is 1. The lowest BCUT2D eigenvalue weighted by molar-refractivity contribution is -0.121. The summed E-state index contributed by atoms with van der Waals surface area (Å²) in [4.78, 5) is 24.4. The van der Waals surface area contributed by atoms with E-state index in [0.29, 0.717) is 35.0 Å². The minimum atomic E-state index is -0.632. The number of nitrogens with zero attached hydrogens (tertiary/aromatic N) is 1. The van der Waals surface area contributed by atoms with Crippen LogP contribution in [0, 0.1) is 0 Å². The summed E-state index contributed by atoms with van der Waals surface area (Å²) in [5.41, 5.74) is 3.34. The molecule has 0 heterocycles. The van der Waals surface area contributed by atoms with Crippen LogP contribution in [-0.4, -0.2) is 46.5 Å². The number of hydrazone groups is 1. The smallest absolute Gasteiger partial charge is 0.343 e. The van der Waals surface area contributed by atoms with Gasteiger partial charge in [0.2, 0.25) is 11.7 Å². The van der Waals surface area contributed by atoms with E-state index in [1.807, 2.05) is 6.92 Å². The Morgan fingerprint density at radius 1 is 0.906 bits per heavy atom. The number of carbonyl (C=O) groups is 2. The Hall–Kier alpha value is -3.75. The van der Waals surface area contributed by atoms with Crippen LogP contribution in [0.2, 0.25) is 0 Å². The minimum Gasteiger partial charge on any atom is -0.493 e. The predicted octanol–water partition coefficient (Wildman–Crippen LogP) is 3.58. The van der Waals surface area contributed by atoms with Gasteiger partial charge < -0.3 is 23.7 Å². The SMILES string of the molecule is CCCCC(=O)NN=Cc1ccc(OC(=O)c2cc(OC)c(OC)c(OC)c2)c(OC)c1.